The van der Waals surface area contributed by atoms with E-state index in [9.17, 15) is 0 Å². The maximum absolute atomic E-state index is 4.75. The minimum atomic E-state index is 0.657. The molecule has 4 atom stereocenters. The smallest absolute Gasteiger partial charge is 0.0702 e. The molecule has 0 N–H and O–H groups in total. The predicted octanol–water partition coefficient (Wildman–Crippen LogP) is 7.67. The van der Waals surface area contributed by atoms with E-state index in [1.165, 1.54) is 27.8 Å². The average molecular weight is 384 g/mol. The first kappa shape index (κ1) is 19.9. The summed E-state index contributed by atoms with van der Waals surface area (Å²) in [5.74, 6) is 3.69. The molecular formula is C28H33N. The Labute approximate surface area is 176 Å². The monoisotopic (exact) mass is 383 g/mol. The molecule has 0 radical (unpaired) electrons. The van der Waals surface area contributed by atoms with Crippen LogP contribution in [0.15, 0.2) is 60.8 Å². The molecule has 150 valence electrons. The predicted molar refractivity (Wildman–Crippen MR) is 124 cm³/mol. The molecule has 4 unspecified atom stereocenters. The molecule has 0 aliphatic heterocycles. The Kier molecular flexibility index (Phi) is 5.34. The van der Waals surface area contributed by atoms with E-state index in [4.69, 9.17) is 4.98 Å². The Hall–Kier alpha value is -2.41. The first-order valence-electron chi connectivity index (χ1n) is 11.0. The van der Waals surface area contributed by atoms with Gasteiger partial charge in [-0.15, -0.1) is 0 Å². The second-order valence-electron chi connectivity index (χ2n) is 9.29. The van der Waals surface area contributed by atoms with Crippen molar-refractivity contribution in [3.8, 4) is 22.4 Å². The van der Waals surface area contributed by atoms with Gasteiger partial charge in [0.2, 0.25) is 0 Å². The molecule has 2 aromatic carbocycles. The molecule has 1 heterocycles. The van der Waals surface area contributed by atoms with Crippen LogP contribution in [0.1, 0.15) is 50.3 Å². The van der Waals surface area contributed by atoms with Gasteiger partial charge in [0, 0.05) is 17.3 Å². The number of aryl methyl sites for hydroxylation is 2. The van der Waals surface area contributed by atoms with Crippen LogP contribution < -0.4 is 0 Å². The summed E-state index contributed by atoms with van der Waals surface area (Å²) in [5, 5.41) is 0. The topological polar surface area (TPSA) is 12.9 Å². The molecule has 0 bridgehead atoms. The van der Waals surface area contributed by atoms with Gasteiger partial charge < -0.3 is 0 Å². The zero-order chi connectivity index (χ0) is 20.7. The lowest BCUT2D eigenvalue weighted by Crippen LogP contribution is -2.11. The van der Waals surface area contributed by atoms with Crippen molar-refractivity contribution in [1.29, 1.82) is 0 Å². The van der Waals surface area contributed by atoms with E-state index in [1.807, 2.05) is 12.3 Å². The summed E-state index contributed by atoms with van der Waals surface area (Å²) in [6.45, 7) is 14.3. The van der Waals surface area contributed by atoms with Crippen LogP contribution in [0.5, 0.6) is 0 Å². The normalized spacial score (nSPS) is 26.6. The lowest BCUT2D eigenvalue weighted by Gasteiger charge is -2.24. The van der Waals surface area contributed by atoms with Gasteiger partial charge in [0.25, 0.3) is 0 Å². The van der Waals surface area contributed by atoms with Gasteiger partial charge in [-0.05, 0) is 71.8 Å². The highest BCUT2D eigenvalue weighted by molar-refractivity contribution is 5.72. The molecule has 0 saturated heterocycles. The van der Waals surface area contributed by atoms with Gasteiger partial charge in [-0.25, -0.2) is 0 Å². The largest absolute Gasteiger partial charge is 0.256 e. The Morgan fingerprint density at radius 1 is 0.655 bits per heavy atom. The van der Waals surface area contributed by atoms with E-state index in [2.05, 4.69) is 90.1 Å². The van der Waals surface area contributed by atoms with Crippen LogP contribution in [0.2, 0.25) is 0 Å². The quantitative estimate of drug-likeness (QED) is 0.452. The molecule has 1 saturated carbocycles. The Balaban J connectivity index is 1.68. The standard InChI is InChI=1S/C28H33N/c1-17-14-25(28-21(5)19(3)20(4)22(28)6)15-18(2)27(17)24-12-13-26(29-16-24)23-10-8-7-9-11-23/h7-16,19-22,28H,1-6H3. The number of nitrogens with zero attached hydrogens (tertiary/aromatic N) is 1. The van der Waals surface area contributed by atoms with E-state index >= 15 is 0 Å². The number of benzene rings is 2. The molecule has 3 aromatic rings. The summed E-state index contributed by atoms with van der Waals surface area (Å²) >= 11 is 0. The van der Waals surface area contributed by atoms with Crippen molar-refractivity contribution in [3.05, 3.63) is 77.5 Å². The van der Waals surface area contributed by atoms with Crippen molar-refractivity contribution in [2.75, 3.05) is 0 Å². The van der Waals surface area contributed by atoms with Gasteiger partial charge in [-0.2, -0.15) is 0 Å². The number of hydrogen-bond donors (Lipinski definition) is 0. The first-order chi connectivity index (χ1) is 13.9. The summed E-state index contributed by atoms with van der Waals surface area (Å²) in [5.41, 5.74) is 8.98. The van der Waals surface area contributed by atoms with E-state index in [0.717, 1.165) is 34.9 Å². The van der Waals surface area contributed by atoms with Crippen LogP contribution in [-0.2, 0) is 0 Å². The van der Waals surface area contributed by atoms with Gasteiger partial charge in [-0.3, -0.25) is 4.98 Å². The van der Waals surface area contributed by atoms with Gasteiger partial charge in [-0.1, -0.05) is 76.2 Å². The van der Waals surface area contributed by atoms with E-state index in [-0.39, 0.29) is 0 Å². The molecule has 29 heavy (non-hydrogen) atoms. The average Bonchev–Trinajstić information content (AvgIpc) is 2.91. The molecule has 1 aliphatic rings. The molecule has 1 fully saturated rings. The summed E-state index contributed by atoms with van der Waals surface area (Å²) in [4.78, 5) is 4.75. The number of aromatic nitrogens is 1. The van der Waals surface area contributed by atoms with E-state index in [1.54, 1.807) is 0 Å². The minimum absolute atomic E-state index is 0.657. The van der Waals surface area contributed by atoms with Gasteiger partial charge >= 0.3 is 0 Å². The maximum Gasteiger partial charge on any atom is 0.0702 e. The Bertz CT molecular complexity index is 950. The van der Waals surface area contributed by atoms with Gasteiger partial charge in [0.1, 0.15) is 0 Å². The summed E-state index contributed by atoms with van der Waals surface area (Å²) in [6.07, 6.45) is 2.03. The van der Waals surface area contributed by atoms with Crippen molar-refractivity contribution in [2.45, 2.75) is 47.5 Å². The SMILES string of the molecule is Cc1cc(C2C(C)C(C)C(C)C2C)cc(C)c1-c1ccc(-c2ccccc2)nc1. The van der Waals surface area contributed by atoms with Crippen LogP contribution in [-0.4, -0.2) is 4.98 Å². The second kappa shape index (κ2) is 7.78. The lowest BCUT2D eigenvalue weighted by molar-refractivity contribution is 0.352. The number of pyridine rings is 1. The highest BCUT2D eigenvalue weighted by Gasteiger charge is 2.42. The number of rotatable bonds is 3. The van der Waals surface area contributed by atoms with E-state index < -0.39 is 0 Å². The fourth-order valence-corrected chi connectivity index (χ4v) is 5.66. The van der Waals surface area contributed by atoms with Crippen molar-refractivity contribution in [2.24, 2.45) is 23.7 Å². The fraction of sp³-hybridized carbons (Fsp3) is 0.393. The van der Waals surface area contributed by atoms with Crippen LogP contribution >= 0.6 is 0 Å². The maximum atomic E-state index is 4.75. The van der Waals surface area contributed by atoms with Crippen LogP contribution in [0.25, 0.3) is 22.4 Å². The Morgan fingerprint density at radius 2 is 1.24 bits per heavy atom. The summed E-state index contributed by atoms with van der Waals surface area (Å²) in [6, 6.07) is 19.6. The van der Waals surface area contributed by atoms with Gasteiger partial charge in [0.15, 0.2) is 0 Å². The molecule has 1 aromatic heterocycles. The third-order valence-corrected chi connectivity index (χ3v) is 7.68. The third kappa shape index (κ3) is 3.52. The molecular weight excluding hydrogens is 350 g/mol. The summed E-state index contributed by atoms with van der Waals surface area (Å²) < 4.78 is 0. The molecule has 1 nitrogen and oxygen atoms in total. The van der Waals surface area contributed by atoms with Crippen molar-refractivity contribution >= 4 is 0 Å². The highest BCUT2D eigenvalue weighted by atomic mass is 14.7. The zero-order valence-corrected chi connectivity index (χ0v) is 18.6. The number of hydrogen-bond acceptors (Lipinski definition) is 1. The first-order valence-corrected chi connectivity index (χ1v) is 11.0. The summed E-state index contributed by atoms with van der Waals surface area (Å²) in [7, 11) is 0. The zero-order valence-electron chi connectivity index (χ0n) is 18.6. The van der Waals surface area contributed by atoms with E-state index in [0.29, 0.717) is 5.92 Å². The van der Waals surface area contributed by atoms with Crippen LogP contribution in [0, 0.1) is 37.5 Å². The van der Waals surface area contributed by atoms with Crippen LogP contribution in [0.3, 0.4) is 0 Å². The molecule has 0 spiro atoms. The molecule has 0 amide bonds. The lowest BCUT2D eigenvalue weighted by atomic mass is 9.80. The van der Waals surface area contributed by atoms with Crippen molar-refractivity contribution < 1.29 is 0 Å². The molecule has 4 rings (SSSR count). The second-order valence-corrected chi connectivity index (χ2v) is 9.29. The van der Waals surface area contributed by atoms with Gasteiger partial charge in [0.05, 0.1) is 5.69 Å². The molecule has 1 aliphatic carbocycles. The third-order valence-electron chi connectivity index (χ3n) is 7.68. The Morgan fingerprint density at radius 3 is 1.76 bits per heavy atom. The van der Waals surface area contributed by atoms with Crippen LogP contribution in [0.4, 0.5) is 0 Å². The van der Waals surface area contributed by atoms with Crippen molar-refractivity contribution in [1.82, 2.24) is 4.98 Å². The molecule has 1 heteroatoms. The van der Waals surface area contributed by atoms with Crippen molar-refractivity contribution in [3.63, 3.8) is 0 Å². The highest BCUT2D eigenvalue weighted by Crippen LogP contribution is 2.51. The minimum Gasteiger partial charge on any atom is -0.256 e. The fourth-order valence-electron chi connectivity index (χ4n) is 5.66.